The highest BCUT2D eigenvalue weighted by Gasteiger charge is 2.43. The van der Waals surface area contributed by atoms with E-state index in [1.807, 2.05) is 24.3 Å². The number of aromatic hydroxyl groups is 4. The van der Waals surface area contributed by atoms with Gasteiger partial charge >= 0.3 is 0 Å². The molecule has 40 heavy (non-hydrogen) atoms. The van der Waals surface area contributed by atoms with Gasteiger partial charge in [0.1, 0.15) is 46.0 Å². The van der Waals surface area contributed by atoms with Gasteiger partial charge in [0.15, 0.2) is 0 Å². The van der Waals surface area contributed by atoms with Crippen molar-refractivity contribution in [2.24, 2.45) is 0 Å². The van der Waals surface area contributed by atoms with Crippen LogP contribution in [0.2, 0.25) is 0 Å². The van der Waals surface area contributed by atoms with Gasteiger partial charge in [0.05, 0.1) is 0 Å². The van der Waals surface area contributed by atoms with Crippen LogP contribution >= 0.6 is 0 Å². The number of hydrogen-bond donors (Lipinski definition) is 4. The first-order valence-corrected chi connectivity index (χ1v) is 13.0. The maximum atomic E-state index is 10.4. The molecule has 7 rings (SSSR count). The lowest BCUT2D eigenvalue weighted by Crippen LogP contribution is -2.31. The van der Waals surface area contributed by atoms with Crippen molar-refractivity contribution in [3.05, 3.63) is 130 Å². The second kappa shape index (κ2) is 8.20. The molecule has 0 aromatic heterocycles. The van der Waals surface area contributed by atoms with Crippen molar-refractivity contribution in [2.75, 3.05) is 0 Å². The molecular weight excluding hydrogens is 504 g/mol. The van der Waals surface area contributed by atoms with Crippen molar-refractivity contribution in [3.63, 3.8) is 0 Å². The molecule has 0 radical (unpaired) electrons. The van der Waals surface area contributed by atoms with Gasteiger partial charge in [-0.25, -0.2) is 0 Å². The van der Waals surface area contributed by atoms with E-state index >= 15 is 0 Å². The summed E-state index contributed by atoms with van der Waals surface area (Å²) in [6.07, 6.45) is 0. The third-order valence-corrected chi connectivity index (χ3v) is 8.49. The van der Waals surface area contributed by atoms with Crippen molar-refractivity contribution >= 4 is 0 Å². The zero-order valence-electron chi connectivity index (χ0n) is 21.8. The Morgan fingerprint density at radius 2 is 0.650 bits per heavy atom. The van der Waals surface area contributed by atoms with E-state index in [2.05, 4.69) is 13.8 Å². The molecule has 0 bridgehead atoms. The van der Waals surface area contributed by atoms with Gasteiger partial charge in [-0.05, 0) is 97.8 Å². The van der Waals surface area contributed by atoms with Crippen LogP contribution in [0.4, 0.5) is 0 Å². The van der Waals surface area contributed by atoms with E-state index < -0.39 is 10.8 Å². The summed E-state index contributed by atoms with van der Waals surface area (Å²) < 4.78 is 12.3. The van der Waals surface area contributed by atoms with Gasteiger partial charge in [-0.15, -0.1) is 0 Å². The van der Waals surface area contributed by atoms with Crippen molar-refractivity contribution in [1.82, 2.24) is 0 Å². The maximum absolute atomic E-state index is 10.4. The number of rotatable bonds is 2. The second-order valence-electron chi connectivity index (χ2n) is 10.8. The molecule has 2 aliphatic rings. The van der Waals surface area contributed by atoms with Crippen LogP contribution in [0.3, 0.4) is 0 Å². The summed E-state index contributed by atoms with van der Waals surface area (Å²) in [4.78, 5) is 0. The fourth-order valence-electron chi connectivity index (χ4n) is 6.28. The predicted molar refractivity (Wildman–Crippen MR) is 150 cm³/mol. The lowest BCUT2D eigenvalue weighted by Gasteiger charge is -2.40. The number of hydrogen-bond acceptors (Lipinski definition) is 6. The van der Waals surface area contributed by atoms with E-state index in [1.54, 1.807) is 72.8 Å². The van der Waals surface area contributed by atoms with Crippen molar-refractivity contribution in [1.29, 1.82) is 0 Å². The van der Waals surface area contributed by atoms with Crippen LogP contribution in [0.1, 0.15) is 47.2 Å². The Morgan fingerprint density at radius 1 is 0.400 bits per heavy atom. The average Bonchev–Trinajstić information content (AvgIpc) is 2.95. The molecule has 0 amide bonds. The molecular formula is C34H26O6. The summed E-state index contributed by atoms with van der Waals surface area (Å²) in [5, 5.41) is 41.6. The molecule has 0 saturated carbocycles. The highest BCUT2D eigenvalue weighted by molar-refractivity contribution is 5.67. The van der Waals surface area contributed by atoms with Crippen LogP contribution in [0.15, 0.2) is 97.1 Å². The van der Waals surface area contributed by atoms with Gasteiger partial charge in [-0.3, -0.25) is 0 Å². The van der Waals surface area contributed by atoms with Crippen LogP contribution in [0.25, 0.3) is 0 Å². The van der Waals surface area contributed by atoms with E-state index in [0.717, 1.165) is 33.4 Å². The first-order valence-electron chi connectivity index (χ1n) is 13.0. The van der Waals surface area contributed by atoms with Crippen LogP contribution in [-0.4, -0.2) is 20.4 Å². The fraction of sp³-hybridized carbons (Fsp3) is 0.118. The third-order valence-electron chi connectivity index (χ3n) is 8.49. The van der Waals surface area contributed by atoms with Crippen molar-refractivity contribution < 1.29 is 29.9 Å². The van der Waals surface area contributed by atoms with E-state index in [-0.39, 0.29) is 23.0 Å². The Morgan fingerprint density at radius 3 is 0.900 bits per heavy atom. The molecule has 2 heterocycles. The summed E-state index contributed by atoms with van der Waals surface area (Å²) >= 11 is 0. The summed E-state index contributed by atoms with van der Waals surface area (Å²) in [6, 6.07) is 28.4. The van der Waals surface area contributed by atoms with E-state index in [9.17, 15) is 20.4 Å². The first kappa shape index (κ1) is 24.0. The van der Waals surface area contributed by atoms with E-state index in [4.69, 9.17) is 9.47 Å². The highest BCUT2D eigenvalue weighted by Crippen LogP contribution is 2.55. The summed E-state index contributed by atoms with van der Waals surface area (Å²) in [6.45, 7) is 4.11. The van der Waals surface area contributed by atoms with Gasteiger partial charge in [0, 0.05) is 33.1 Å². The molecule has 5 aromatic rings. The SMILES string of the molecule is CC1(c2ccc(C3(C)c4cc(O)ccc4Oc4ccc(O)cc43)cc2)c2cc(O)ccc2Oc2ccc(O)cc21. The van der Waals surface area contributed by atoms with E-state index in [1.165, 1.54) is 0 Å². The van der Waals surface area contributed by atoms with Crippen molar-refractivity contribution in [2.45, 2.75) is 24.7 Å². The van der Waals surface area contributed by atoms with Crippen LogP contribution < -0.4 is 9.47 Å². The fourth-order valence-corrected chi connectivity index (χ4v) is 6.28. The van der Waals surface area contributed by atoms with Crippen LogP contribution in [0.5, 0.6) is 46.0 Å². The topological polar surface area (TPSA) is 99.4 Å². The largest absolute Gasteiger partial charge is 0.508 e. The van der Waals surface area contributed by atoms with Gasteiger partial charge in [0.2, 0.25) is 0 Å². The first-order chi connectivity index (χ1) is 19.2. The predicted octanol–water partition coefficient (Wildman–Crippen LogP) is 7.43. The number of fused-ring (bicyclic) bond motifs is 4. The molecule has 6 nitrogen and oxygen atoms in total. The third kappa shape index (κ3) is 3.29. The molecule has 2 aliphatic heterocycles. The molecule has 0 spiro atoms. The highest BCUT2D eigenvalue weighted by atomic mass is 16.5. The van der Waals surface area contributed by atoms with Crippen molar-refractivity contribution in [3.8, 4) is 46.0 Å². The lowest BCUT2D eigenvalue weighted by atomic mass is 9.66. The molecule has 0 unspecified atom stereocenters. The Labute approximate surface area is 231 Å². The zero-order chi connectivity index (χ0) is 27.8. The normalized spacial score (nSPS) is 15.4. The Hall–Kier alpha value is -5.10. The molecule has 5 aromatic carbocycles. The molecule has 4 N–H and O–H groups in total. The van der Waals surface area contributed by atoms with Gasteiger partial charge in [0.25, 0.3) is 0 Å². The Balaban J connectivity index is 1.43. The monoisotopic (exact) mass is 530 g/mol. The minimum absolute atomic E-state index is 0.122. The smallest absolute Gasteiger partial charge is 0.132 e. The summed E-state index contributed by atoms with van der Waals surface area (Å²) in [5.41, 5.74) is 3.48. The minimum atomic E-state index is -0.748. The Kier molecular flexibility index (Phi) is 4.91. The summed E-state index contributed by atoms with van der Waals surface area (Å²) in [5.74, 6) is 3.02. The molecule has 0 atom stereocenters. The molecule has 6 heteroatoms. The van der Waals surface area contributed by atoms with Crippen LogP contribution in [-0.2, 0) is 10.8 Å². The molecule has 0 saturated heterocycles. The quantitative estimate of drug-likeness (QED) is 0.189. The number of benzene rings is 5. The molecule has 198 valence electrons. The van der Waals surface area contributed by atoms with Crippen LogP contribution in [0, 0.1) is 0 Å². The number of ether oxygens (including phenoxy) is 2. The average molecular weight is 531 g/mol. The van der Waals surface area contributed by atoms with Gasteiger partial charge < -0.3 is 29.9 Å². The van der Waals surface area contributed by atoms with Gasteiger partial charge in [-0.2, -0.15) is 0 Å². The zero-order valence-corrected chi connectivity index (χ0v) is 21.8. The van der Waals surface area contributed by atoms with Gasteiger partial charge in [-0.1, -0.05) is 24.3 Å². The standard InChI is InChI=1S/C34H26O6/c1-33(25-15-21(35)7-11-29(25)39-30-12-8-22(36)16-26(30)33)19-3-5-20(6-4-19)34(2)27-17-23(37)9-13-31(27)40-32-14-10-24(38)18-28(32)34/h3-18,35-38H,1-2H3. The number of phenols is 4. The Bertz CT molecular complexity index is 1590. The maximum Gasteiger partial charge on any atom is 0.132 e. The van der Waals surface area contributed by atoms with E-state index in [0.29, 0.717) is 23.0 Å². The lowest BCUT2D eigenvalue weighted by molar-refractivity contribution is 0.413. The molecule has 0 aliphatic carbocycles. The second-order valence-corrected chi connectivity index (χ2v) is 10.8. The summed E-state index contributed by atoms with van der Waals surface area (Å²) in [7, 11) is 0. The number of phenolic OH excluding ortho intramolecular Hbond substituents is 4. The molecule has 0 fully saturated rings. The minimum Gasteiger partial charge on any atom is -0.508 e.